The van der Waals surface area contributed by atoms with E-state index in [1.807, 2.05) is 0 Å². The molecule has 5 aliphatic rings. The molecule has 1 heterocycles. The average Bonchev–Trinajstić information content (AvgIpc) is 3.35. The molecule has 2 N–H and O–H groups in total. The van der Waals surface area contributed by atoms with E-state index >= 15 is 0 Å². The normalized spacial score (nSPS) is 52.4. The van der Waals surface area contributed by atoms with Gasteiger partial charge < -0.3 is 14.9 Å². The zero-order chi connectivity index (χ0) is 22.6. The summed E-state index contributed by atoms with van der Waals surface area (Å²) in [6.45, 7) is 8.15. The molecule has 0 unspecified atom stereocenters. The van der Waals surface area contributed by atoms with Gasteiger partial charge in [-0.15, -0.1) is 0 Å². The number of epoxide rings is 1. The lowest BCUT2D eigenvalue weighted by Crippen LogP contribution is -2.68. The molecule has 5 rings (SSSR count). The first-order valence-electron chi connectivity index (χ1n) is 11.7. The van der Waals surface area contributed by atoms with Crippen molar-refractivity contribution in [2.75, 3.05) is 0 Å². The van der Waals surface area contributed by atoms with Gasteiger partial charge in [-0.05, 0) is 57.4 Å². The maximum atomic E-state index is 13.0. The summed E-state index contributed by atoms with van der Waals surface area (Å²) in [5.74, 6) is -0.858. The molecule has 1 spiro atoms. The number of carboxylic acids is 1. The van der Waals surface area contributed by atoms with E-state index < -0.39 is 28.0 Å². The first kappa shape index (κ1) is 21.3. The SMILES string of the molecule is CC(=O)[C@@H]1CC2=CC(=O)CC[C@]2(C)[C@@]23O[C@@H]2C[C@@]2(C)[C@@H](CC[C@@]2(O)CCC(=O)O)[C@]13C. The largest absolute Gasteiger partial charge is 0.481 e. The Balaban J connectivity index is 1.64. The van der Waals surface area contributed by atoms with Crippen molar-refractivity contribution in [3.05, 3.63) is 11.6 Å². The Hall–Kier alpha value is -1.53. The van der Waals surface area contributed by atoms with E-state index in [9.17, 15) is 24.6 Å². The lowest BCUT2D eigenvalue weighted by atomic mass is 9.37. The third-order valence-corrected chi connectivity index (χ3v) is 10.7. The molecule has 6 heteroatoms. The predicted molar refractivity (Wildman–Crippen MR) is 112 cm³/mol. The van der Waals surface area contributed by atoms with Crippen LogP contribution >= 0.6 is 0 Å². The molecule has 170 valence electrons. The van der Waals surface area contributed by atoms with Crippen LogP contribution in [0.5, 0.6) is 0 Å². The molecule has 0 radical (unpaired) electrons. The van der Waals surface area contributed by atoms with E-state index in [0.29, 0.717) is 25.7 Å². The molecule has 4 fully saturated rings. The second kappa shape index (κ2) is 6.07. The lowest BCUT2D eigenvalue weighted by Gasteiger charge is -2.64. The molecular weight excluding hydrogens is 396 g/mol. The number of carboxylic acid groups (broad SMARTS) is 1. The fourth-order valence-corrected chi connectivity index (χ4v) is 9.07. The van der Waals surface area contributed by atoms with Gasteiger partial charge in [0.2, 0.25) is 0 Å². The van der Waals surface area contributed by atoms with Crippen molar-refractivity contribution in [2.45, 2.75) is 96.4 Å². The van der Waals surface area contributed by atoms with Crippen LogP contribution in [0.3, 0.4) is 0 Å². The highest BCUT2D eigenvalue weighted by Gasteiger charge is 2.86. The zero-order valence-corrected chi connectivity index (χ0v) is 19.0. The van der Waals surface area contributed by atoms with Gasteiger partial charge in [0.05, 0.1) is 11.7 Å². The number of carbonyl (C=O) groups is 3. The highest BCUT2D eigenvalue weighted by molar-refractivity contribution is 5.92. The van der Waals surface area contributed by atoms with Crippen molar-refractivity contribution in [1.82, 2.24) is 0 Å². The van der Waals surface area contributed by atoms with Crippen molar-refractivity contribution in [3.63, 3.8) is 0 Å². The molecule has 6 nitrogen and oxygen atoms in total. The number of carbonyl (C=O) groups excluding carboxylic acids is 2. The van der Waals surface area contributed by atoms with Crippen LogP contribution in [0, 0.1) is 28.1 Å². The molecule has 8 atom stereocenters. The summed E-state index contributed by atoms with van der Waals surface area (Å²) in [7, 11) is 0. The van der Waals surface area contributed by atoms with E-state index in [1.165, 1.54) is 0 Å². The topological polar surface area (TPSA) is 104 Å². The number of rotatable bonds is 4. The summed E-state index contributed by atoms with van der Waals surface area (Å²) in [5.41, 5.74) is -1.75. The smallest absolute Gasteiger partial charge is 0.303 e. The minimum atomic E-state index is -1.07. The van der Waals surface area contributed by atoms with E-state index in [2.05, 4.69) is 20.8 Å². The molecule has 0 aromatic heterocycles. The van der Waals surface area contributed by atoms with Gasteiger partial charge in [-0.25, -0.2) is 0 Å². The number of aliphatic hydroxyl groups is 1. The number of Topliss-reactive ketones (excluding diaryl/α,β-unsaturated/α-hetero) is 1. The Morgan fingerprint density at radius 2 is 1.94 bits per heavy atom. The number of hydrogen-bond donors (Lipinski definition) is 2. The van der Waals surface area contributed by atoms with E-state index in [-0.39, 0.29) is 47.8 Å². The highest BCUT2D eigenvalue weighted by atomic mass is 16.6. The second-order valence-corrected chi connectivity index (χ2v) is 11.6. The number of ketones is 2. The summed E-state index contributed by atoms with van der Waals surface area (Å²) >= 11 is 0. The van der Waals surface area contributed by atoms with Gasteiger partial charge in [-0.1, -0.05) is 26.3 Å². The molecule has 0 aromatic carbocycles. The van der Waals surface area contributed by atoms with Crippen LogP contribution in [0.25, 0.3) is 0 Å². The van der Waals surface area contributed by atoms with E-state index in [1.54, 1.807) is 13.0 Å². The minimum Gasteiger partial charge on any atom is -0.481 e. The predicted octanol–water partition coefficient (Wildman–Crippen LogP) is 3.45. The maximum absolute atomic E-state index is 13.0. The standard InChI is InChI=1S/C25H34O6/c1-14(26)17-12-15-11-16(27)5-8-21(15,2)25-19(31-25)13-22(3)18(23(17,25)4)6-9-24(22,30)10-7-20(28)29/h11,17-19,30H,5-10,12-13H2,1-4H3,(H,28,29)/t17-,18+,19+,21-,22-,23-,24+,25-/m0/s1. The Bertz CT molecular complexity index is 923. The van der Waals surface area contributed by atoms with Crippen LogP contribution in [0.15, 0.2) is 11.6 Å². The highest BCUT2D eigenvalue weighted by Crippen LogP contribution is 2.82. The number of aliphatic carboxylic acids is 1. The number of fused-ring (bicyclic) bond motifs is 3. The molecule has 1 aliphatic heterocycles. The van der Waals surface area contributed by atoms with Gasteiger partial charge >= 0.3 is 5.97 Å². The van der Waals surface area contributed by atoms with Crippen molar-refractivity contribution >= 4 is 17.5 Å². The minimum absolute atomic E-state index is 0.0578. The van der Waals surface area contributed by atoms with Crippen molar-refractivity contribution < 1.29 is 29.3 Å². The van der Waals surface area contributed by atoms with Crippen LogP contribution in [0.2, 0.25) is 0 Å². The van der Waals surface area contributed by atoms with Gasteiger partial charge in [-0.3, -0.25) is 14.4 Å². The summed E-state index contributed by atoms with van der Waals surface area (Å²) in [6.07, 6.45) is 5.67. The second-order valence-electron chi connectivity index (χ2n) is 11.6. The third-order valence-electron chi connectivity index (χ3n) is 10.7. The Morgan fingerprint density at radius 3 is 2.58 bits per heavy atom. The number of ether oxygens (including phenoxy) is 1. The van der Waals surface area contributed by atoms with Crippen molar-refractivity contribution in [3.8, 4) is 0 Å². The molecule has 3 saturated carbocycles. The van der Waals surface area contributed by atoms with Crippen LogP contribution in [0.4, 0.5) is 0 Å². The summed E-state index contributed by atoms with van der Waals surface area (Å²) in [5, 5.41) is 21.0. The average molecular weight is 431 g/mol. The van der Waals surface area contributed by atoms with Crippen LogP contribution in [-0.2, 0) is 19.1 Å². The van der Waals surface area contributed by atoms with Gasteiger partial charge in [0.1, 0.15) is 11.4 Å². The third kappa shape index (κ3) is 2.28. The van der Waals surface area contributed by atoms with Crippen molar-refractivity contribution in [2.24, 2.45) is 28.1 Å². The van der Waals surface area contributed by atoms with Crippen LogP contribution in [0.1, 0.15) is 79.1 Å². The monoisotopic (exact) mass is 430 g/mol. The van der Waals surface area contributed by atoms with Crippen molar-refractivity contribution in [1.29, 1.82) is 0 Å². The fraction of sp³-hybridized carbons (Fsp3) is 0.800. The summed E-state index contributed by atoms with van der Waals surface area (Å²) < 4.78 is 6.65. The molecule has 4 aliphatic carbocycles. The van der Waals surface area contributed by atoms with Gasteiger partial charge in [0.25, 0.3) is 0 Å². The quantitative estimate of drug-likeness (QED) is 0.662. The molecule has 0 bridgehead atoms. The van der Waals surface area contributed by atoms with Gasteiger partial charge in [0.15, 0.2) is 5.78 Å². The molecular formula is C25H34O6. The van der Waals surface area contributed by atoms with Crippen LogP contribution in [-0.4, -0.2) is 45.1 Å². The maximum Gasteiger partial charge on any atom is 0.303 e. The van der Waals surface area contributed by atoms with E-state index in [0.717, 1.165) is 18.4 Å². The molecule has 0 aromatic rings. The molecule has 0 amide bonds. The summed E-state index contributed by atoms with van der Waals surface area (Å²) in [6, 6.07) is 0. The molecule has 31 heavy (non-hydrogen) atoms. The van der Waals surface area contributed by atoms with Gasteiger partial charge in [-0.2, -0.15) is 0 Å². The fourth-order valence-electron chi connectivity index (χ4n) is 9.07. The van der Waals surface area contributed by atoms with Crippen LogP contribution < -0.4 is 0 Å². The summed E-state index contributed by atoms with van der Waals surface area (Å²) in [4.78, 5) is 36.6. The molecule has 1 saturated heterocycles. The first-order valence-corrected chi connectivity index (χ1v) is 11.7. The first-order chi connectivity index (χ1) is 14.4. The zero-order valence-electron chi connectivity index (χ0n) is 19.0. The Labute approximate surface area is 183 Å². The Morgan fingerprint density at radius 1 is 1.23 bits per heavy atom. The number of hydrogen-bond acceptors (Lipinski definition) is 5. The Kier molecular flexibility index (Phi) is 4.18. The van der Waals surface area contributed by atoms with E-state index in [4.69, 9.17) is 4.74 Å². The lowest BCUT2D eigenvalue weighted by molar-refractivity contribution is -0.175. The van der Waals surface area contributed by atoms with Gasteiger partial charge in [0, 0.05) is 35.0 Å².